The maximum Gasteiger partial charge on any atom is 0.472 e. The van der Waals surface area contributed by atoms with Crippen LogP contribution in [0.1, 0.15) is 36.6 Å². The van der Waals surface area contributed by atoms with Crippen molar-refractivity contribution in [2.45, 2.75) is 62.7 Å². The summed E-state index contributed by atoms with van der Waals surface area (Å²) < 4.78 is 62.8. The van der Waals surface area contributed by atoms with E-state index in [2.05, 4.69) is 30.2 Å². The van der Waals surface area contributed by atoms with Crippen LogP contribution in [-0.4, -0.2) is 93.6 Å². The Bertz CT molecular complexity index is 1770. The molecule has 244 valence electrons. The number of aliphatic imine (C=N–C) groups is 1. The summed E-state index contributed by atoms with van der Waals surface area (Å²) >= 11 is 0. The van der Waals surface area contributed by atoms with Crippen molar-refractivity contribution in [3.05, 3.63) is 24.2 Å². The van der Waals surface area contributed by atoms with E-state index in [-0.39, 0.29) is 29.7 Å². The number of rotatable bonds is 2. The molecule has 24 heteroatoms. The van der Waals surface area contributed by atoms with Crippen molar-refractivity contribution in [1.82, 2.24) is 29.1 Å². The lowest BCUT2D eigenvalue weighted by atomic mass is 10.2. The van der Waals surface area contributed by atoms with Gasteiger partial charge >= 0.3 is 15.4 Å². The normalized spacial score (nSPS) is 38.8. The third kappa shape index (κ3) is 5.62. The zero-order chi connectivity index (χ0) is 31.8. The molecule has 7 rings (SSSR count). The summed E-state index contributed by atoms with van der Waals surface area (Å²) in [6.45, 7) is 1.02. The van der Waals surface area contributed by atoms with Crippen LogP contribution in [0.4, 0.5) is 11.6 Å². The van der Waals surface area contributed by atoms with E-state index >= 15 is 0 Å². The summed E-state index contributed by atoms with van der Waals surface area (Å²) in [5.41, 5.74) is 18.7. The third-order valence-corrected chi connectivity index (χ3v) is 9.54. The number of nitrogens with one attached hydrogen (secondary N) is 1. The minimum Gasteiger partial charge on any atom is -0.385 e. The lowest BCUT2D eigenvalue weighted by Crippen LogP contribution is -2.36. The van der Waals surface area contributed by atoms with Gasteiger partial charge < -0.3 is 56.1 Å². The van der Waals surface area contributed by atoms with Gasteiger partial charge in [0.25, 0.3) is 0 Å². The minimum absolute atomic E-state index is 0.0237. The molecule has 0 aliphatic carbocycles. The summed E-state index contributed by atoms with van der Waals surface area (Å²) in [5, 5.41) is 13.8. The fourth-order valence-electron chi connectivity index (χ4n) is 5.53. The molecule has 2 bridgehead atoms. The topological polar surface area (TPSA) is 314 Å². The molecule has 0 aromatic carbocycles. The Morgan fingerprint density at radius 1 is 1.07 bits per heavy atom. The van der Waals surface area contributed by atoms with Crippen molar-refractivity contribution in [2.24, 2.45) is 16.5 Å². The van der Waals surface area contributed by atoms with E-state index in [1.165, 1.54) is 21.8 Å². The van der Waals surface area contributed by atoms with Gasteiger partial charge in [-0.1, -0.05) is 0 Å². The van der Waals surface area contributed by atoms with E-state index in [1.807, 2.05) is 0 Å². The van der Waals surface area contributed by atoms with Gasteiger partial charge in [-0.05, 0) is 6.92 Å². The van der Waals surface area contributed by atoms with Crippen LogP contribution < -0.4 is 22.5 Å². The van der Waals surface area contributed by atoms with E-state index in [0.29, 0.717) is 17.0 Å². The first-order valence-corrected chi connectivity index (χ1v) is 16.7. The molecule has 10 N–H and O–H groups in total. The zero-order valence-electron chi connectivity index (χ0n) is 23.3. The highest BCUT2D eigenvalue weighted by Crippen LogP contribution is 2.53. The van der Waals surface area contributed by atoms with Crippen LogP contribution in [0.5, 0.6) is 0 Å². The summed E-state index contributed by atoms with van der Waals surface area (Å²) in [6.07, 6.45) is -8.75. The maximum absolute atomic E-state index is 13.2. The number of ether oxygens (including phenoxy) is 3. The molecule has 3 fully saturated rings. The summed E-state index contributed by atoms with van der Waals surface area (Å²) in [7, 11) is -9.55. The fraction of sp³-hybridized carbons (Fsp3) is 0.571. The average molecular weight is 673 g/mol. The number of hydrogen-bond acceptors (Lipinski definition) is 18. The van der Waals surface area contributed by atoms with Crippen LogP contribution >= 0.6 is 15.4 Å². The van der Waals surface area contributed by atoms with Crippen molar-refractivity contribution in [1.29, 1.82) is 0 Å². The van der Waals surface area contributed by atoms with E-state index < -0.39 is 77.7 Å². The number of aliphatic hydroxyl groups is 1. The van der Waals surface area contributed by atoms with Crippen molar-refractivity contribution in [3.63, 3.8) is 0 Å². The number of guanidine groups is 1. The zero-order valence-corrected chi connectivity index (χ0v) is 25.0. The van der Waals surface area contributed by atoms with Gasteiger partial charge in [-0.3, -0.25) is 22.7 Å². The van der Waals surface area contributed by atoms with Crippen LogP contribution in [0.2, 0.25) is 0 Å². The minimum atomic E-state index is -4.99. The molecule has 0 amide bonds. The lowest BCUT2D eigenvalue weighted by Gasteiger charge is -2.27. The third-order valence-electron chi connectivity index (χ3n) is 7.48. The van der Waals surface area contributed by atoms with Gasteiger partial charge in [0.05, 0.1) is 19.3 Å². The number of phosphoric acid groups is 1. The molecule has 7 heterocycles. The number of aliphatic hydroxyl groups excluding tert-OH is 1. The molecule has 22 nitrogen and oxygen atoms in total. The second-order valence-electron chi connectivity index (χ2n) is 10.6. The van der Waals surface area contributed by atoms with Crippen LogP contribution in [0.3, 0.4) is 0 Å². The van der Waals surface area contributed by atoms with E-state index in [0.717, 1.165) is 0 Å². The first-order valence-electron chi connectivity index (χ1n) is 13.4. The number of hydrogen-bond donors (Lipinski definition) is 7. The highest BCUT2D eigenvalue weighted by atomic mass is 31.2. The van der Waals surface area contributed by atoms with Crippen LogP contribution in [-0.2, 0) is 36.9 Å². The number of anilines is 2. The molecule has 0 saturated carbocycles. The number of phosphoric ester groups is 1. The quantitative estimate of drug-likeness (QED) is 0.158. The number of fused-ring (bicyclic) bond motifs is 5. The molecule has 0 radical (unpaired) electrons. The standard InChI is InChI=1S/C21H29N11O11P2/c1-7-27-15(22)11-17(28-7)31(4-25-11)10-2-8-9(40-10)3-39-45(36,37)43-14-13(33)20(38-6-44(34,35)42-8)41-19(14)32-5-26-12-16(23)29-21(24)30-18(12)32/h4-5,8-10,13-14,16,19-20,33H,2-3,6,23H2,1H3,(H,34,35)(H,36,37)(H2,22,27,28)(H3,24,29,30)/t8-,9-,10-,13-,14?,16?,19-,20+/m1/s1. The van der Waals surface area contributed by atoms with Gasteiger partial charge in [-0.25, -0.2) is 29.5 Å². The number of aromatic nitrogens is 6. The average Bonchev–Trinajstić information content (AvgIpc) is 3.72. The molecular weight excluding hydrogens is 644 g/mol. The van der Waals surface area contributed by atoms with Crippen LogP contribution in [0.15, 0.2) is 17.6 Å². The Morgan fingerprint density at radius 3 is 2.64 bits per heavy atom. The van der Waals surface area contributed by atoms with Crippen LogP contribution in [0, 0.1) is 6.92 Å². The molecule has 3 saturated heterocycles. The summed E-state index contributed by atoms with van der Waals surface area (Å²) in [5.74, 6) is 0.683. The number of nitrogens with zero attached hydrogens (tertiary/aromatic N) is 7. The Labute approximate surface area is 252 Å². The Kier molecular flexibility index (Phi) is 7.47. The molecule has 4 aliphatic rings. The Hall–Kier alpha value is -3.11. The number of aryl methyl sites for hydroxylation is 1. The first kappa shape index (κ1) is 30.5. The lowest BCUT2D eigenvalue weighted by molar-refractivity contribution is -0.168. The molecule has 10 atom stereocenters. The molecule has 45 heavy (non-hydrogen) atoms. The number of nitrogen functional groups attached to an aromatic ring is 1. The van der Waals surface area contributed by atoms with Crippen molar-refractivity contribution in [2.75, 3.05) is 24.0 Å². The highest BCUT2D eigenvalue weighted by Gasteiger charge is 2.52. The van der Waals surface area contributed by atoms with Gasteiger partial charge in [-0.2, -0.15) is 0 Å². The second kappa shape index (κ2) is 11.0. The largest absolute Gasteiger partial charge is 0.472 e. The predicted octanol–water partition coefficient (Wildman–Crippen LogP) is -1.13. The first-order chi connectivity index (χ1) is 21.3. The monoisotopic (exact) mass is 673 g/mol. The highest BCUT2D eigenvalue weighted by molar-refractivity contribution is 7.52. The van der Waals surface area contributed by atoms with Crippen molar-refractivity contribution in [3.8, 4) is 0 Å². The molecule has 0 spiro atoms. The number of imidazole rings is 2. The van der Waals surface area contributed by atoms with Gasteiger partial charge in [0.15, 0.2) is 36.3 Å². The van der Waals surface area contributed by atoms with E-state index in [4.69, 9.17) is 45.0 Å². The van der Waals surface area contributed by atoms with E-state index in [9.17, 15) is 24.0 Å². The SMILES string of the molecule is Cc1nc(N)c2ncn([C@H]3C[C@H]4OP(=O)(O)CO[C@H]5O[C@@H](n6cnc7c6NC(N)=NC7N)C(OP(=O)(O)OC[C@H]4O3)[C@H]5O)c2n1. The molecule has 3 aromatic heterocycles. The van der Waals surface area contributed by atoms with Crippen molar-refractivity contribution >= 4 is 44.2 Å². The molecular formula is C21H29N11O11P2. The van der Waals surface area contributed by atoms with Crippen LogP contribution in [0.25, 0.3) is 11.2 Å². The maximum atomic E-state index is 13.2. The molecule has 3 aromatic rings. The van der Waals surface area contributed by atoms with Crippen molar-refractivity contribution < 1.29 is 51.8 Å². The predicted molar refractivity (Wildman–Crippen MR) is 149 cm³/mol. The molecule has 4 unspecified atom stereocenters. The molecule has 4 aliphatic heterocycles. The smallest absolute Gasteiger partial charge is 0.385 e. The van der Waals surface area contributed by atoms with Gasteiger partial charge in [-0.15, -0.1) is 0 Å². The summed E-state index contributed by atoms with van der Waals surface area (Å²) in [4.78, 5) is 42.3. The fourth-order valence-corrected chi connectivity index (χ4v) is 7.50. The van der Waals surface area contributed by atoms with Gasteiger partial charge in [0.2, 0.25) is 0 Å². The van der Waals surface area contributed by atoms with Gasteiger partial charge in [0, 0.05) is 6.42 Å². The second-order valence-corrected chi connectivity index (χ2v) is 13.8. The van der Waals surface area contributed by atoms with E-state index in [1.54, 1.807) is 6.92 Å². The number of nitrogens with two attached hydrogens (primary N) is 3. The summed E-state index contributed by atoms with van der Waals surface area (Å²) in [6, 6.07) is 0. The Balaban J connectivity index is 1.17. The van der Waals surface area contributed by atoms with Gasteiger partial charge in [0.1, 0.15) is 59.7 Å². The Morgan fingerprint density at radius 2 is 1.84 bits per heavy atom.